The number of ether oxygens (including phenoxy) is 1. The van der Waals surface area contributed by atoms with Crippen LogP contribution in [-0.4, -0.2) is 11.9 Å². The number of aryl methyl sites for hydroxylation is 1. The summed E-state index contributed by atoms with van der Waals surface area (Å²) in [6, 6.07) is 14.7. The van der Waals surface area contributed by atoms with Crippen LogP contribution >= 0.6 is 11.3 Å². The van der Waals surface area contributed by atoms with E-state index in [1.807, 2.05) is 38.1 Å². The molecular formula is C25H26N2O3S. The van der Waals surface area contributed by atoms with Crippen LogP contribution in [0.15, 0.2) is 48.5 Å². The van der Waals surface area contributed by atoms with Crippen molar-refractivity contribution in [2.45, 2.75) is 46.2 Å². The number of benzene rings is 2. The highest BCUT2D eigenvalue weighted by Gasteiger charge is 2.29. The molecule has 1 aliphatic heterocycles. The number of thiophene rings is 1. The molecule has 31 heavy (non-hydrogen) atoms. The molecule has 1 atom stereocenters. The lowest BCUT2D eigenvalue weighted by Gasteiger charge is -2.26. The van der Waals surface area contributed by atoms with E-state index < -0.39 is 5.97 Å². The van der Waals surface area contributed by atoms with Crippen LogP contribution in [0.2, 0.25) is 0 Å². The third-order valence-corrected chi connectivity index (χ3v) is 6.71. The van der Waals surface area contributed by atoms with Crippen molar-refractivity contribution in [3.05, 3.63) is 81.2 Å². The second-order valence-corrected chi connectivity index (χ2v) is 10.0. The molecule has 160 valence electrons. The zero-order valence-electron chi connectivity index (χ0n) is 18.3. The van der Waals surface area contributed by atoms with Gasteiger partial charge in [0.25, 0.3) is 5.91 Å². The first-order valence-corrected chi connectivity index (χ1v) is 11.1. The van der Waals surface area contributed by atoms with Gasteiger partial charge in [-0.3, -0.25) is 4.79 Å². The maximum atomic E-state index is 12.5. The quantitative estimate of drug-likeness (QED) is 0.408. The number of anilines is 1. The van der Waals surface area contributed by atoms with Crippen molar-refractivity contribution in [2.75, 3.05) is 5.32 Å². The topological polar surface area (TPSA) is 67.4 Å². The summed E-state index contributed by atoms with van der Waals surface area (Å²) in [6.07, 6.45) is -0.327. The Morgan fingerprint density at radius 3 is 2.23 bits per heavy atom. The monoisotopic (exact) mass is 434 g/mol. The molecule has 0 radical (unpaired) electrons. The lowest BCUT2D eigenvalue weighted by atomic mass is 9.87. The van der Waals surface area contributed by atoms with E-state index in [9.17, 15) is 9.59 Å². The van der Waals surface area contributed by atoms with E-state index in [2.05, 4.69) is 31.4 Å². The van der Waals surface area contributed by atoms with Crippen LogP contribution in [0.3, 0.4) is 0 Å². The number of amides is 1. The first kappa shape index (κ1) is 21.1. The van der Waals surface area contributed by atoms with Gasteiger partial charge in [0.05, 0.1) is 11.1 Å². The lowest BCUT2D eigenvalue weighted by Crippen LogP contribution is -2.38. The third-order valence-electron chi connectivity index (χ3n) is 5.57. The van der Waals surface area contributed by atoms with Crippen LogP contribution in [0.25, 0.3) is 0 Å². The minimum absolute atomic E-state index is 0.0299. The van der Waals surface area contributed by atoms with Crippen molar-refractivity contribution >= 4 is 28.2 Å². The van der Waals surface area contributed by atoms with Gasteiger partial charge >= 0.3 is 5.97 Å². The molecule has 1 amide bonds. The summed E-state index contributed by atoms with van der Waals surface area (Å²) >= 11 is 1.59. The predicted octanol–water partition coefficient (Wildman–Crippen LogP) is 5.74. The second kappa shape index (κ2) is 7.85. The number of carbonyl (C=O) groups excluding carboxylic acids is 2. The van der Waals surface area contributed by atoms with Crippen LogP contribution in [0.4, 0.5) is 5.00 Å². The second-order valence-electron chi connectivity index (χ2n) is 8.82. The Hall–Kier alpha value is -3.12. The van der Waals surface area contributed by atoms with E-state index in [4.69, 9.17) is 4.74 Å². The Balaban J connectivity index is 1.45. The summed E-state index contributed by atoms with van der Waals surface area (Å²) < 4.78 is 5.52. The van der Waals surface area contributed by atoms with Crippen LogP contribution < -0.4 is 15.4 Å². The highest BCUT2D eigenvalue weighted by Crippen LogP contribution is 2.37. The largest absolute Gasteiger partial charge is 0.423 e. The summed E-state index contributed by atoms with van der Waals surface area (Å²) in [4.78, 5) is 26.2. The van der Waals surface area contributed by atoms with E-state index >= 15 is 0 Å². The molecule has 2 aromatic carbocycles. The molecule has 2 N–H and O–H groups in total. The molecule has 0 saturated heterocycles. The van der Waals surface area contributed by atoms with E-state index in [1.54, 1.807) is 35.6 Å². The number of rotatable bonds is 3. The molecule has 1 unspecified atom stereocenters. The summed E-state index contributed by atoms with van der Waals surface area (Å²) in [5, 5.41) is 7.27. The molecule has 4 rings (SSSR count). The van der Waals surface area contributed by atoms with Gasteiger partial charge in [-0.25, -0.2) is 4.79 Å². The molecular weight excluding hydrogens is 408 g/mol. The molecule has 0 bridgehead atoms. The molecule has 0 aliphatic carbocycles. The molecule has 0 spiro atoms. The Labute approximate surface area is 186 Å². The standard InChI is InChI=1S/C25H26N2O3S/c1-14-15(2)31-23-20(14)22(28)26-21(27-23)16-8-12-19(13-9-16)30-24(29)17-6-10-18(11-7-17)25(3,4)5/h6-13,21,27H,1-5H3,(H,26,28). The molecule has 0 fully saturated rings. The maximum Gasteiger partial charge on any atom is 0.343 e. The Morgan fingerprint density at radius 1 is 0.968 bits per heavy atom. The molecule has 2 heterocycles. The smallest absolute Gasteiger partial charge is 0.343 e. The highest BCUT2D eigenvalue weighted by molar-refractivity contribution is 7.16. The molecule has 1 aromatic heterocycles. The zero-order chi connectivity index (χ0) is 22.3. The molecule has 1 aliphatic rings. The van der Waals surface area contributed by atoms with Crippen molar-refractivity contribution in [1.29, 1.82) is 0 Å². The first-order valence-electron chi connectivity index (χ1n) is 10.2. The Bertz CT molecular complexity index is 1140. The molecule has 3 aromatic rings. The number of nitrogens with one attached hydrogen (secondary N) is 2. The SMILES string of the molecule is Cc1sc2c(c1C)C(=O)NC(c1ccc(OC(=O)c3ccc(C(C)(C)C)cc3)cc1)N2. The highest BCUT2D eigenvalue weighted by atomic mass is 32.1. The number of hydrogen-bond donors (Lipinski definition) is 2. The molecule has 0 saturated carbocycles. The minimum atomic E-state index is -0.397. The van der Waals surface area contributed by atoms with Gasteiger partial charge in [0.15, 0.2) is 0 Å². The van der Waals surface area contributed by atoms with Crippen molar-refractivity contribution in [1.82, 2.24) is 5.32 Å². The van der Waals surface area contributed by atoms with Gasteiger partial charge in [-0.1, -0.05) is 45.0 Å². The minimum Gasteiger partial charge on any atom is -0.423 e. The number of hydrogen-bond acceptors (Lipinski definition) is 5. The van der Waals surface area contributed by atoms with Crippen LogP contribution in [0.5, 0.6) is 5.75 Å². The maximum absolute atomic E-state index is 12.5. The van der Waals surface area contributed by atoms with Gasteiger partial charge in [0.1, 0.15) is 16.9 Å². The summed E-state index contributed by atoms with van der Waals surface area (Å²) in [7, 11) is 0. The molecule has 5 nitrogen and oxygen atoms in total. The van der Waals surface area contributed by atoms with Crippen molar-refractivity contribution in [3.8, 4) is 5.75 Å². The van der Waals surface area contributed by atoms with Crippen LogP contribution in [0, 0.1) is 13.8 Å². The Kier molecular flexibility index (Phi) is 5.35. The summed E-state index contributed by atoms with van der Waals surface area (Å²) in [6.45, 7) is 10.4. The fourth-order valence-electron chi connectivity index (χ4n) is 3.54. The normalized spacial score (nSPS) is 15.6. The van der Waals surface area contributed by atoms with Gasteiger partial charge in [0.2, 0.25) is 0 Å². The first-order chi connectivity index (χ1) is 14.6. The van der Waals surface area contributed by atoms with Gasteiger partial charge in [0, 0.05) is 4.88 Å². The fourth-order valence-corrected chi connectivity index (χ4v) is 4.63. The predicted molar refractivity (Wildman–Crippen MR) is 124 cm³/mol. The summed E-state index contributed by atoms with van der Waals surface area (Å²) in [5.41, 5.74) is 4.33. The average molecular weight is 435 g/mol. The lowest BCUT2D eigenvalue weighted by molar-refractivity contribution is 0.0734. The summed E-state index contributed by atoms with van der Waals surface area (Å²) in [5.74, 6) is -0.0134. The van der Waals surface area contributed by atoms with Gasteiger partial charge in [-0.2, -0.15) is 0 Å². The number of esters is 1. The number of carbonyl (C=O) groups is 2. The molecule has 6 heteroatoms. The van der Waals surface area contributed by atoms with Gasteiger partial charge in [-0.05, 0) is 60.2 Å². The van der Waals surface area contributed by atoms with Crippen molar-refractivity contribution < 1.29 is 14.3 Å². The van der Waals surface area contributed by atoms with Crippen LogP contribution in [-0.2, 0) is 5.41 Å². The zero-order valence-corrected chi connectivity index (χ0v) is 19.1. The van der Waals surface area contributed by atoms with Gasteiger partial charge < -0.3 is 15.4 Å². The van der Waals surface area contributed by atoms with Crippen molar-refractivity contribution in [3.63, 3.8) is 0 Å². The van der Waals surface area contributed by atoms with Crippen LogP contribution in [0.1, 0.15) is 69.2 Å². The van der Waals surface area contributed by atoms with E-state index in [0.29, 0.717) is 11.3 Å². The van der Waals surface area contributed by atoms with E-state index in [1.165, 1.54) is 0 Å². The van der Waals surface area contributed by atoms with Gasteiger partial charge in [-0.15, -0.1) is 11.3 Å². The average Bonchev–Trinajstić information content (AvgIpc) is 3.02. The Morgan fingerprint density at radius 2 is 1.61 bits per heavy atom. The van der Waals surface area contributed by atoms with Crippen molar-refractivity contribution in [2.24, 2.45) is 0 Å². The van der Waals surface area contributed by atoms with E-state index in [0.717, 1.165) is 32.1 Å². The number of fused-ring (bicyclic) bond motifs is 1. The van der Waals surface area contributed by atoms with E-state index in [-0.39, 0.29) is 17.5 Å². The third kappa shape index (κ3) is 4.21. The fraction of sp³-hybridized carbons (Fsp3) is 0.280.